The van der Waals surface area contributed by atoms with E-state index in [1.165, 1.54) is 0 Å². The van der Waals surface area contributed by atoms with E-state index in [0.29, 0.717) is 17.8 Å². The number of carbonyl (C=O) groups is 1. The summed E-state index contributed by atoms with van der Waals surface area (Å²) in [7, 11) is -3.05. The predicted octanol–water partition coefficient (Wildman–Crippen LogP) is 2.73. The number of aryl methyl sites for hydroxylation is 1. The summed E-state index contributed by atoms with van der Waals surface area (Å²) in [5.74, 6) is 0.0870. The van der Waals surface area contributed by atoms with Gasteiger partial charge in [0.15, 0.2) is 21.2 Å². The minimum absolute atomic E-state index is 0.0763. The van der Waals surface area contributed by atoms with Crippen LogP contribution < -0.4 is 5.32 Å². The molecule has 2 aliphatic rings. The maximum atomic E-state index is 13.2. The van der Waals surface area contributed by atoms with E-state index in [-0.39, 0.29) is 29.3 Å². The van der Waals surface area contributed by atoms with Crippen molar-refractivity contribution in [3.8, 4) is 11.3 Å². The Hall–Kier alpha value is -3.01. The molecule has 31 heavy (non-hydrogen) atoms. The summed E-state index contributed by atoms with van der Waals surface area (Å²) >= 11 is 0. The molecule has 1 amide bonds. The molecule has 1 fully saturated rings. The number of rotatable bonds is 4. The first-order chi connectivity index (χ1) is 14.9. The first kappa shape index (κ1) is 19.9. The molecular weight excluding hydrogens is 418 g/mol. The highest BCUT2D eigenvalue weighted by Crippen LogP contribution is 2.32. The molecule has 0 spiro atoms. The van der Waals surface area contributed by atoms with E-state index >= 15 is 0 Å². The van der Waals surface area contributed by atoms with Gasteiger partial charge in [0.1, 0.15) is 0 Å². The second-order valence-corrected chi connectivity index (χ2v) is 10.5. The standard InChI is InChI=1S/C21H23N5O4S/c1-13-6-8-14(9-7-13)18-20(25-30-24-18)22-21(27)19-16-4-2-3-5-17(16)26(23-19)15-10-11-31(28,29)12-15/h6-9,15H,2-5,10-12H2,1H3,(H,22,25,27)/t15-/m0/s1. The molecule has 1 aliphatic heterocycles. The fourth-order valence-corrected chi connectivity index (χ4v) is 6.11. The molecule has 1 N–H and O–H groups in total. The van der Waals surface area contributed by atoms with Gasteiger partial charge in [-0.2, -0.15) is 5.10 Å². The summed E-state index contributed by atoms with van der Waals surface area (Å²) in [6.45, 7) is 1.99. The van der Waals surface area contributed by atoms with Crippen LogP contribution in [0, 0.1) is 6.92 Å². The van der Waals surface area contributed by atoms with E-state index in [0.717, 1.165) is 48.1 Å². The summed E-state index contributed by atoms with van der Waals surface area (Å²) in [4.78, 5) is 13.2. The average Bonchev–Trinajstić information content (AvgIpc) is 3.45. The zero-order chi connectivity index (χ0) is 21.6. The number of anilines is 1. The number of hydrogen-bond donors (Lipinski definition) is 1. The maximum Gasteiger partial charge on any atom is 0.277 e. The molecule has 2 aromatic heterocycles. The van der Waals surface area contributed by atoms with Gasteiger partial charge in [0.2, 0.25) is 5.82 Å². The zero-order valence-electron chi connectivity index (χ0n) is 17.2. The predicted molar refractivity (Wildman–Crippen MR) is 114 cm³/mol. The van der Waals surface area contributed by atoms with Crippen molar-refractivity contribution in [1.82, 2.24) is 20.1 Å². The van der Waals surface area contributed by atoms with E-state index in [2.05, 4.69) is 20.7 Å². The van der Waals surface area contributed by atoms with Gasteiger partial charge >= 0.3 is 0 Å². The van der Waals surface area contributed by atoms with Crippen LogP contribution in [0.15, 0.2) is 28.9 Å². The summed E-state index contributed by atoms with van der Waals surface area (Å²) in [5, 5.41) is 15.2. The third-order valence-corrected chi connectivity index (χ3v) is 7.77. The van der Waals surface area contributed by atoms with E-state index in [4.69, 9.17) is 4.63 Å². The van der Waals surface area contributed by atoms with Gasteiger partial charge in [0, 0.05) is 16.8 Å². The van der Waals surface area contributed by atoms with Gasteiger partial charge in [-0.25, -0.2) is 13.0 Å². The third kappa shape index (κ3) is 3.76. The first-order valence-corrected chi connectivity index (χ1v) is 12.2. The zero-order valence-corrected chi connectivity index (χ0v) is 18.0. The summed E-state index contributed by atoms with van der Waals surface area (Å²) in [6.07, 6.45) is 4.06. The average molecular weight is 442 g/mol. The van der Waals surface area contributed by atoms with Crippen molar-refractivity contribution < 1.29 is 17.8 Å². The molecule has 1 aliphatic carbocycles. The summed E-state index contributed by atoms with van der Waals surface area (Å²) in [6, 6.07) is 7.46. The Morgan fingerprint density at radius 3 is 2.68 bits per heavy atom. The van der Waals surface area contributed by atoms with Crippen LogP contribution in [0.1, 0.15) is 52.6 Å². The molecule has 5 rings (SSSR count). The molecule has 1 aromatic carbocycles. The monoisotopic (exact) mass is 441 g/mol. The molecule has 0 radical (unpaired) electrons. The van der Waals surface area contributed by atoms with Gasteiger partial charge in [0.25, 0.3) is 5.91 Å². The van der Waals surface area contributed by atoms with Crippen molar-refractivity contribution in [2.75, 3.05) is 16.8 Å². The number of nitrogens with zero attached hydrogens (tertiary/aromatic N) is 4. The maximum absolute atomic E-state index is 13.2. The van der Waals surface area contributed by atoms with Crippen molar-refractivity contribution >= 4 is 21.6 Å². The lowest BCUT2D eigenvalue weighted by atomic mass is 9.95. The largest absolute Gasteiger partial charge is 0.300 e. The van der Waals surface area contributed by atoms with Crippen molar-refractivity contribution in [3.63, 3.8) is 0 Å². The Balaban J connectivity index is 1.46. The fraction of sp³-hybridized carbons (Fsp3) is 0.429. The Morgan fingerprint density at radius 1 is 1.16 bits per heavy atom. The summed E-state index contributed by atoms with van der Waals surface area (Å²) < 4.78 is 30.6. The Morgan fingerprint density at radius 2 is 1.94 bits per heavy atom. The highest BCUT2D eigenvalue weighted by molar-refractivity contribution is 7.91. The second kappa shape index (κ2) is 7.60. The second-order valence-electron chi connectivity index (χ2n) is 8.26. The minimum Gasteiger partial charge on any atom is -0.300 e. The number of fused-ring (bicyclic) bond motifs is 1. The molecule has 1 saturated heterocycles. The molecule has 162 valence electrons. The molecule has 1 atom stereocenters. The van der Waals surface area contributed by atoms with Crippen LogP contribution in [0.2, 0.25) is 0 Å². The fourth-order valence-electron chi connectivity index (χ4n) is 4.42. The van der Waals surface area contributed by atoms with Crippen LogP contribution in [0.5, 0.6) is 0 Å². The van der Waals surface area contributed by atoms with Crippen LogP contribution in [0.4, 0.5) is 5.82 Å². The van der Waals surface area contributed by atoms with Crippen molar-refractivity contribution in [2.45, 2.75) is 45.1 Å². The molecule has 0 bridgehead atoms. The SMILES string of the molecule is Cc1ccc(-c2nonc2NC(=O)c2nn([C@H]3CCS(=O)(=O)C3)c3c2CCCC3)cc1. The van der Waals surface area contributed by atoms with Crippen LogP contribution in [0.3, 0.4) is 0 Å². The van der Waals surface area contributed by atoms with Crippen LogP contribution >= 0.6 is 0 Å². The number of amides is 1. The van der Waals surface area contributed by atoms with E-state index in [9.17, 15) is 13.2 Å². The number of carbonyl (C=O) groups excluding carboxylic acids is 1. The lowest BCUT2D eigenvalue weighted by Gasteiger charge is -2.17. The van der Waals surface area contributed by atoms with E-state index < -0.39 is 9.84 Å². The molecule has 10 heteroatoms. The van der Waals surface area contributed by atoms with Gasteiger partial charge in [-0.15, -0.1) is 0 Å². The van der Waals surface area contributed by atoms with Crippen molar-refractivity contribution in [2.24, 2.45) is 0 Å². The highest BCUT2D eigenvalue weighted by Gasteiger charge is 2.34. The molecule has 0 unspecified atom stereocenters. The molecule has 0 saturated carbocycles. The number of benzene rings is 1. The highest BCUT2D eigenvalue weighted by atomic mass is 32.2. The Kier molecular flexibility index (Phi) is 4.88. The van der Waals surface area contributed by atoms with Crippen LogP contribution in [-0.2, 0) is 22.7 Å². The quantitative estimate of drug-likeness (QED) is 0.661. The van der Waals surface area contributed by atoms with Crippen LogP contribution in [-0.4, -0.2) is 45.9 Å². The molecule has 3 aromatic rings. The van der Waals surface area contributed by atoms with Gasteiger partial charge in [-0.05, 0) is 49.3 Å². The smallest absolute Gasteiger partial charge is 0.277 e. The lowest BCUT2D eigenvalue weighted by molar-refractivity contribution is 0.101. The normalized spacial score (nSPS) is 19.8. The molecule has 9 nitrogen and oxygen atoms in total. The van der Waals surface area contributed by atoms with Gasteiger partial charge in [-0.1, -0.05) is 29.8 Å². The topological polar surface area (TPSA) is 120 Å². The van der Waals surface area contributed by atoms with E-state index in [1.54, 1.807) is 4.68 Å². The third-order valence-electron chi connectivity index (χ3n) is 6.02. The molecule has 3 heterocycles. The van der Waals surface area contributed by atoms with Gasteiger partial charge < -0.3 is 5.32 Å². The van der Waals surface area contributed by atoms with Crippen LogP contribution in [0.25, 0.3) is 11.3 Å². The van der Waals surface area contributed by atoms with Crippen molar-refractivity contribution in [3.05, 3.63) is 46.8 Å². The lowest BCUT2D eigenvalue weighted by Crippen LogP contribution is -2.17. The van der Waals surface area contributed by atoms with E-state index in [1.807, 2.05) is 31.2 Å². The minimum atomic E-state index is -3.05. The van der Waals surface area contributed by atoms with Crippen molar-refractivity contribution in [1.29, 1.82) is 0 Å². The number of sulfone groups is 1. The Bertz CT molecular complexity index is 1240. The first-order valence-electron chi connectivity index (χ1n) is 10.4. The molecular formula is C21H23N5O4S. The number of nitrogens with one attached hydrogen (secondary N) is 1. The summed E-state index contributed by atoms with van der Waals surface area (Å²) in [5.41, 5.74) is 4.56. The van der Waals surface area contributed by atoms with Gasteiger partial charge in [-0.3, -0.25) is 9.48 Å². The number of aromatic nitrogens is 4. The Labute approximate surface area is 179 Å². The van der Waals surface area contributed by atoms with Gasteiger partial charge in [0.05, 0.1) is 17.5 Å². The number of hydrogen-bond acceptors (Lipinski definition) is 7.